The Hall–Kier alpha value is -1.95. The maximum absolute atomic E-state index is 11.5. The zero-order valence-corrected chi connectivity index (χ0v) is 13.8. The number of rotatable bonds is 4. The number of aliphatic hydroxyl groups excluding tert-OH is 1. The van der Waals surface area contributed by atoms with E-state index in [0.717, 1.165) is 5.56 Å². The fourth-order valence-electron chi connectivity index (χ4n) is 3.03. The molecule has 2 heterocycles. The van der Waals surface area contributed by atoms with Crippen LogP contribution < -0.4 is 5.32 Å². The summed E-state index contributed by atoms with van der Waals surface area (Å²) in [5, 5.41) is 13.4. The highest BCUT2D eigenvalue weighted by molar-refractivity contribution is 5.73. The standard InChI is InChI=1S/C18H21NO6/c1-3-9-22-18-14(19-11(2)20)15(21)16-13(24-18)10-23-17(25-16)12-7-5-4-6-8-12/h1,4-8,13-18,21H,9-10H2,2H3,(H,19,20)/t13-,14+,15-,16-,17-,18-/m1/s1. The minimum atomic E-state index is -1.03. The first kappa shape index (κ1) is 17.9. The van der Waals surface area contributed by atoms with Gasteiger partial charge >= 0.3 is 0 Å². The Labute approximate surface area is 146 Å². The van der Waals surface area contributed by atoms with Gasteiger partial charge in [-0.3, -0.25) is 4.79 Å². The van der Waals surface area contributed by atoms with Gasteiger partial charge in [0.05, 0.1) is 6.61 Å². The van der Waals surface area contributed by atoms with E-state index in [4.69, 9.17) is 25.4 Å². The summed E-state index contributed by atoms with van der Waals surface area (Å²) in [5.74, 6) is 2.03. The number of ether oxygens (including phenoxy) is 4. The molecule has 0 saturated carbocycles. The first-order chi connectivity index (χ1) is 12.1. The Bertz CT molecular complexity index is 630. The van der Waals surface area contributed by atoms with Gasteiger partial charge < -0.3 is 29.4 Å². The van der Waals surface area contributed by atoms with Gasteiger partial charge in [-0.2, -0.15) is 0 Å². The molecule has 6 atom stereocenters. The monoisotopic (exact) mass is 347 g/mol. The number of hydrogen-bond donors (Lipinski definition) is 2. The zero-order valence-electron chi connectivity index (χ0n) is 13.8. The Kier molecular flexibility index (Phi) is 5.68. The third-order valence-corrected chi connectivity index (χ3v) is 4.14. The third kappa shape index (κ3) is 4.00. The van der Waals surface area contributed by atoms with Crippen LogP contribution >= 0.6 is 0 Å². The Morgan fingerprint density at radius 2 is 2.16 bits per heavy atom. The predicted octanol–water partition coefficient (Wildman–Crippen LogP) is 0.341. The second-order valence-electron chi connectivity index (χ2n) is 5.95. The SMILES string of the molecule is C#CCO[C@@H]1O[C@@H]2CO[C@@H](c3ccccc3)O[C@H]2[C@H](O)[C@@H]1NC(C)=O. The van der Waals surface area contributed by atoms with E-state index in [-0.39, 0.29) is 19.1 Å². The van der Waals surface area contributed by atoms with Crippen molar-refractivity contribution in [1.29, 1.82) is 0 Å². The van der Waals surface area contributed by atoms with Crippen LogP contribution in [0, 0.1) is 12.3 Å². The molecule has 2 aliphatic heterocycles. The van der Waals surface area contributed by atoms with Crippen molar-refractivity contribution in [1.82, 2.24) is 5.32 Å². The maximum Gasteiger partial charge on any atom is 0.217 e. The van der Waals surface area contributed by atoms with Crippen molar-refractivity contribution in [2.75, 3.05) is 13.2 Å². The normalized spacial score (nSPS) is 34.6. The summed E-state index contributed by atoms with van der Waals surface area (Å²) in [6.45, 7) is 1.58. The second-order valence-corrected chi connectivity index (χ2v) is 5.95. The molecule has 7 heteroatoms. The summed E-state index contributed by atoms with van der Waals surface area (Å²) < 4.78 is 22.9. The van der Waals surface area contributed by atoms with Crippen LogP contribution in [0.2, 0.25) is 0 Å². The van der Waals surface area contributed by atoms with Crippen LogP contribution in [0.3, 0.4) is 0 Å². The molecule has 0 aromatic heterocycles. The van der Waals surface area contributed by atoms with Crippen molar-refractivity contribution in [3.63, 3.8) is 0 Å². The molecule has 7 nitrogen and oxygen atoms in total. The van der Waals surface area contributed by atoms with Gasteiger partial charge in [-0.1, -0.05) is 36.3 Å². The van der Waals surface area contributed by atoms with Crippen molar-refractivity contribution in [3.8, 4) is 12.3 Å². The molecule has 0 aliphatic carbocycles. The van der Waals surface area contributed by atoms with Crippen LogP contribution in [0.25, 0.3) is 0 Å². The van der Waals surface area contributed by atoms with Gasteiger partial charge in [0, 0.05) is 12.5 Å². The molecule has 134 valence electrons. The van der Waals surface area contributed by atoms with Crippen LogP contribution in [0.15, 0.2) is 30.3 Å². The average Bonchev–Trinajstić information content (AvgIpc) is 2.63. The van der Waals surface area contributed by atoms with E-state index in [1.165, 1.54) is 6.92 Å². The van der Waals surface area contributed by atoms with Gasteiger partial charge in [0.1, 0.15) is 31.0 Å². The van der Waals surface area contributed by atoms with Crippen LogP contribution in [0.5, 0.6) is 0 Å². The summed E-state index contributed by atoms with van der Waals surface area (Å²) in [5.41, 5.74) is 0.843. The average molecular weight is 347 g/mol. The van der Waals surface area contributed by atoms with Crippen LogP contribution in [0.4, 0.5) is 0 Å². The second kappa shape index (κ2) is 7.95. The fraction of sp³-hybridized carbons (Fsp3) is 0.500. The highest BCUT2D eigenvalue weighted by atomic mass is 16.7. The number of benzene rings is 1. The summed E-state index contributed by atoms with van der Waals surface area (Å²) in [4.78, 5) is 11.5. The van der Waals surface area contributed by atoms with Crippen LogP contribution in [-0.4, -0.2) is 54.9 Å². The molecule has 2 saturated heterocycles. The molecule has 0 bridgehead atoms. The van der Waals surface area contributed by atoms with Crippen molar-refractivity contribution in [2.45, 2.75) is 43.9 Å². The number of carbonyl (C=O) groups is 1. The summed E-state index contributed by atoms with van der Waals surface area (Å²) in [6, 6.07) is 8.63. The molecular weight excluding hydrogens is 326 g/mol. The Morgan fingerprint density at radius 1 is 1.40 bits per heavy atom. The molecule has 2 aliphatic rings. The van der Waals surface area contributed by atoms with Gasteiger partial charge in [-0.05, 0) is 0 Å². The number of carbonyl (C=O) groups excluding carboxylic acids is 1. The van der Waals surface area contributed by atoms with Crippen molar-refractivity contribution >= 4 is 5.91 Å². The topological polar surface area (TPSA) is 86.2 Å². The smallest absolute Gasteiger partial charge is 0.217 e. The Morgan fingerprint density at radius 3 is 2.84 bits per heavy atom. The fourth-order valence-corrected chi connectivity index (χ4v) is 3.03. The van der Waals surface area contributed by atoms with Crippen LogP contribution in [-0.2, 0) is 23.7 Å². The van der Waals surface area contributed by atoms with E-state index < -0.39 is 36.9 Å². The molecule has 1 aromatic carbocycles. The molecule has 1 amide bonds. The van der Waals surface area contributed by atoms with Crippen LogP contribution in [0.1, 0.15) is 18.8 Å². The van der Waals surface area contributed by atoms with E-state index >= 15 is 0 Å². The number of amides is 1. The van der Waals surface area contributed by atoms with Gasteiger partial charge in [0.25, 0.3) is 0 Å². The number of nitrogens with one attached hydrogen (secondary N) is 1. The molecule has 2 N–H and O–H groups in total. The number of hydrogen-bond acceptors (Lipinski definition) is 6. The lowest BCUT2D eigenvalue weighted by Gasteiger charge is -2.47. The van der Waals surface area contributed by atoms with Crippen molar-refractivity contribution in [3.05, 3.63) is 35.9 Å². The minimum Gasteiger partial charge on any atom is -0.388 e. The highest BCUT2D eigenvalue weighted by Crippen LogP contribution is 2.34. The predicted molar refractivity (Wildman–Crippen MR) is 87.1 cm³/mol. The molecule has 0 unspecified atom stereocenters. The maximum atomic E-state index is 11.5. The van der Waals surface area contributed by atoms with Gasteiger partial charge in [-0.25, -0.2) is 0 Å². The summed E-state index contributed by atoms with van der Waals surface area (Å²) >= 11 is 0. The Balaban J connectivity index is 1.75. The summed E-state index contributed by atoms with van der Waals surface area (Å²) in [6.07, 6.45) is 1.51. The van der Waals surface area contributed by atoms with Gasteiger partial charge in [0.15, 0.2) is 12.6 Å². The number of aliphatic hydroxyl groups is 1. The minimum absolute atomic E-state index is 0.000781. The van der Waals surface area contributed by atoms with E-state index in [1.807, 2.05) is 30.3 Å². The summed E-state index contributed by atoms with van der Waals surface area (Å²) in [7, 11) is 0. The largest absolute Gasteiger partial charge is 0.388 e. The first-order valence-corrected chi connectivity index (χ1v) is 8.08. The lowest BCUT2D eigenvalue weighted by atomic mass is 9.95. The first-order valence-electron chi connectivity index (χ1n) is 8.08. The van der Waals surface area contributed by atoms with E-state index in [1.54, 1.807) is 0 Å². The zero-order chi connectivity index (χ0) is 17.8. The molecule has 1 aromatic rings. The lowest BCUT2D eigenvalue weighted by molar-refractivity contribution is -0.342. The number of fused-ring (bicyclic) bond motifs is 1. The third-order valence-electron chi connectivity index (χ3n) is 4.14. The molecular formula is C18H21NO6. The van der Waals surface area contributed by atoms with E-state index in [2.05, 4.69) is 11.2 Å². The molecule has 0 radical (unpaired) electrons. The van der Waals surface area contributed by atoms with Gasteiger partial charge in [0.2, 0.25) is 5.91 Å². The van der Waals surface area contributed by atoms with Crippen molar-refractivity contribution < 1.29 is 28.8 Å². The molecule has 2 fully saturated rings. The number of terminal acetylenes is 1. The van der Waals surface area contributed by atoms with Gasteiger partial charge in [-0.15, -0.1) is 6.42 Å². The van der Waals surface area contributed by atoms with E-state index in [9.17, 15) is 9.90 Å². The van der Waals surface area contributed by atoms with E-state index in [0.29, 0.717) is 0 Å². The quantitative estimate of drug-likeness (QED) is 0.764. The van der Waals surface area contributed by atoms with Crippen molar-refractivity contribution in [2.24, 2.45) is 0 Å². The highest BCUT2D eigenvalue weighted by Gasteiger charge is 2.50. The molecule has 3 rings (SSSR count). The lowest BCUT2D eigenvalue weighted by Crippen LogP contribution is -2.66. The molecule has 25 heavy (non-hydrogen) atoms. The molecule has 0 spiro atoms.